The Bertz CT molecular complexity index is 810. The molecule has 29 heavy (non-hydrogen) atoms. The Morgan fingerprint density at radius 3 is 2.21 bits per heavy atom. The Labute approximate surface area is 174 Å². The van der Waals surface area contributed by atoms with Crippen molar-refractivity contribution < 1.29 is 22.7 Å². The molecule has 2 rings (SSSR count). The summed E-state index contributed by atoms with van der Waals surface area (Å²) in [7, 11) is -3.68. The van der Waals surface area contributed by atoms with Crippen molar-refractivity contribution in [3.05, 3.63) is 29.3 Å². The Morgan fingerprint density at radius 1 is 1.03 bits per heavy atom. The molecule has 0 unspecified atom stereocenters. The average Bonchev–Trinajstić information content (AvgIpc) is 2.66. The molecule has 0 N–H and O–H groups in total. The highest BCUT2D eigenvalue weighted by atomic mass is 32.2. The molecule has 1 aromatic carbocycles. The summed E-state index contributed by atoms with van der Waals surface area (Å²) in [6.07, 6.45) is 5.34. The van der Waals surface area contributed by atoms with E-state index in [2.05, 4.69) is 0 Å². The molecular formula is C21H32N2O5S. The summed E-state index contributed by atoms with van der Waals surface area (Å²) >= 11 is 0. The maximum Gasteiger partial charge on any atom is 0.338 e. The number of likely N-dealkylation sites (tertiary alicyclic amines) is 1. The van der Waals surface area contributed by atoms with Gasteiger partial charge in [-0.05, 0) is 37.5 Å². The molecule has 1 aliphatic heterocycles. The summed E-state index contributed by atoms with van der Waals surface area (Å²) in [6, 6.07) is 4.42. The molecule has 0 aromatic heterocycles. The normalized spacial score (nSPS) is 15.7. The standard InChI is InChI=1S/C21H32N2O5S/c1-4-23(5-2)29(26,27)18-12-11-17(3)19(15-18)21(25)28-16-20(24)22-13-9-7-6-8-10-14-22/h11-12,15H,4-10,13-14,16H2,1-3H3. The van der Waals surface area contributed by atoms with Gasteiger partial charge in [0.15, 0.2) is 6.61 Å². The zero-order chi connectivity index (χ0) is 21.4. The summed E-state index contributed by atoms with van der Waals surface area (Å²) in [5.74, 6) is -0.885. The molecule has 7 nitrogen and oxygen atoms in total. The van der Waals surface area contributed by atoms with Gasteiger partial charge < -0.3 is 9.64 Å². The topological polar surface area (TPSA) is 84.0 Å². The van der Waals surface area contributed by atoms with Crippen molar-refractivity contribution in [2.45, 2.75) is 57.8 Å². The van der Waals surface area contributed by atoms with E-state index >= 15 is 0 Å². The molecule has 0 bridgehead atoms. The van der Waals surface area contributed by atoms with Crippen molar-refractivity contribution >= 4 is 21.9 Å². The number of esters is 1. The second-order valence-electron chi connectivity index (χ2n) is 7.29. The molecule has 162 valence electrons. The van der Waals surface area contributed by atoms with Gasteiger partial charge in [-0.15, -0.1) is 0 Å². The minimum Gasteiger partial charge on any atom is -0.452 e. The van der Waals surface area contributed by atoms with E-state index in [1.54, 1.807) is 31.7 Å². The summed E-state index contributed by atoms with van der Waals surface area (Å²) in [4.78, 5) is 26.8. The number of rotatable bonds is 7. The fraction of sp³-hybridized carbons (Fsp3) is 0.619. The molecule has 1 aromatic rings. The number of amides is 1. The van der Waals surface area contributed by atoms with E-state index in [-0.39, 0.29) is 23.0 Å². The molecule has 0 saturated carbocycles. The maximum absolute atomic E-state index is 12.7. The molecule has 0 atom stereocenters. The third-order valence-corrected chi connectivity index (χ3v) is 7.35. The SMILES string of the molecule is CCN(CC)S(=O)(=O)c1ccc(C)c(C(=O)OCC(=O)N2CCCCCCC2)c1. The monoisotopic (exact) mass is 424 g/mol. The van der Waals surface area contributed by atoms with E-state index in [1.165, 1.54) is 22.9 Å². The van der Waals surface area contributed by atoms with Crippen LogP contribution >= 0.6 is 0 Å². The first-order chi connectivity index (χ1) is 13.8. The van der Waals surface area contributed by atoms with Crippen LogP contribution in [0.4, 0.5) is 0 Å². The van der Waals surface area contributed by atoms with Gasteiger partial charge in [-0.3, -0.25) is 4.79 Å². The number of benzene rings is 1. The molecule has 1 aliphatic rings. The average molecular weight is 425 g/mol. The zero-order valence-electron chi connectivity index (χ0n) is 17.6. The van der Waals surface area contributed by atoms with E-state index in [1.807, 2.05) is 0 Å². The van der Waals surface area contributed by atoms with E-state index in [9.17, 15) is 18.0 Å². The van der Waals surface area contributed by atoms with Gasteiger partial charge in [-0.2, -0.15) is 4.31 Å². The van der Waals surface area contributed by atoms with Crippen LogP contribution in [0.2, 0.25) is 0 Å². The first-order valence-corrected chi connectivity index (χ1v) is 11.8. The van der Waals surface area contributed by atoms with Crippen LogP contribution in [0.25, 0.3) is 0 Å². The number of carbonyl (C=O) groups is 2. The molecule has 1 heterocycles. The Hall–Kier alpha value is -1.93. The lowest BCUT2D eigenvalue weighted by molar-refractivity contribution is -0.134. The van der Waals surface area contributed by atoms with Crippen LogP contribution in [0.1, 0.15) is 61.9 Å². The Kier molecular flexibility index (Phi) is 8.64. The quantitative estimate of drug-likeness (QED) is 0.629. The fourth-order valence-corrected chi connectivity index (χ4v) is 4.97. The first-order valence-electron chi connectivity index (χ1n) is 10.4. The van der Waals surface area contributed by atoms with Gasteiger partial charge in [0.05, 0.1) is 10.5 Å². The van der Waals surface area contributed by atoms with Crippen molar-refractivity contribution in [2.24, 2.45) is 0 Å². The fourth-order valence-electron chi connectivity index (χ4n) is 3.49. The lowest BCUT2D eigenvalue weighted by Gasteiger charge is -2.24. The van der Waals surface area contributed by atoms with Gasteiger partial charge >= 0.3 is 5.97 Å². The van der Waals surface area contributed by atoms with Crippen LogP contribution in [0, 0.1) is 6.92 Å². The van der Waals surface area contributed by atoms with Crippen molar-refractivity contribution in [3.63, 3.8) is 0 Å². The summed E-state index contributed by atoms with van der Waals surface area (Å²) in [5, 5.41) is 0. The lowest BCUT2D eigenvalue weighted by Crippen LogP contribution is -2.37. The van der Waals surface area contributed by atoms with Crippen molar-refractivity contribution in [2.75, 3.05) is 32.8 Å². The van der Waals surface area contributed by atoms with E-state index in [0.29, 0.717) is 31.7 Å². The zero-order valence-corrected chi connectivity index (χ0v) is 18.5. The van der Waals surface area contributed by atoms with Gasteiger partial charge in [0.1, 0.15) is 0 Å². The summed E-state index contributed by atoms with van der Waals surface area (Å²) < 4.78 is 32.0. The molecule has 1 amide bonds. The van der Waals surface area contributed by atoms with Crippen LogP contribution in [0.3, 0.4) is 0 Å². The minimum absolute atomic E-state index is 0.0499. The van der Waals surface area contributed by atoms with Gasteiger partial charge in [0, 0.05) is 26.2 Å². The largest absolute Gasteiger partial charge is 0.452 e. The Morgan fingerprint density at radius 2 is 1.62 bits per heavy atom. The number of carbonyl (C=O) groups excluding carboxylic acids is 2. The molecule has 0 aliphatic carbocycles. The van der Waals surface area contributed by atoms with Crippen LogP contribution in [-0.2, 0) is 19.6 Å². The van der Waals surface area contributed by atoms with Crippen LogP contribution in [-0.4, -0.2) is 62.3 Å². The molecule has 1 saturated heterocycles. The summed E-state index contributed by atoms with van der Waals surface area (Å²) in [6.45, 7) is 6.98. The minimum atomic E-state index is -3.68. The molecular weight excluding hydrogens is 392 g/mol. The van der Waals surface area contributed by atoms with Crippen LogP contribution in [0.15, 0.2) is 23.1 Å². The van der Waals surface area contributed by atoms with Crippen molar-refractivity contribution in [1.29, 1.82) is 0 Å². The smallest absolute Gasteiger partial charge is 0.338 e. The second-order valence-corrected chi connectivity index (χ2v) is 9.23. The number of aryl methyl sites for hydroxylation is 1. The Balaban J connectivity index is 2.09. The van der Waals surface area contributed by atoms with Crippen LogP contribution in [0.5, 0.6) is 0 Å². The number of ether oxygens (including phenoxy) is 1. The number of hydrogen-bond acceptors (Lipinski definition) is 5. The van der Waals surface area contributed by atoms with E-state index < -0.39 is 16.0 Å². The third-order valence-electron chi connectivity index (χ3n) is 5.31. The van der Waals surface area contributed by atoms with Crippen LogP contribution < -0.4 is 0 Å². The van der Waals surface area contributed by atoms with Gasteiger partial charge in [0.25, 0.3) is 5.91 Å². The van der Waals surface area contributed by atoms with Crippen molar-refractivity contribution in [1.82, 2.24) is 9.21 Å². The highest BCUT2D eigenvalue weighted by Gasteiger charge is 2.24. The predicted molar refractivity (Wildman–Crippen MR) is 111 cm³/mol. The van der Waals surface area contributed by atoms with Gasteiger partial charge in [-0.25, -0.2) is 13.2 Å². The molecule has 0 spiro atoms. The maximum atomic E-state index is 12.7. The van der Waals surface area contributed by atoms with E-state index in [4.69, 9.17) is 4.74 Å². The van der Waals surface area contributed by atoms with Gasteiger partial charge in [-0.1, -0.05) is 39.2 Å². The highest BCUT2D eigenvalue weighted by Crippen LogP contribution is 2.20. The first kappa shape index (κ1) is 23.3. The molecule has 8 heteroatoms. The number of sulfonamides is 1. The van der Waals surface area contributed by atoms with E-state index in [0.717, 1.165) is 25.7 Å². The molecule has 0 radical (unpaired) electrons. The van der Waals surface area contributed by atoms with Crippen molar-refractivity contribution in [3.8, 4) is 0 Å². The highest BCUT2D eigenvalue weighted by molar-refractivity contribution is 7.89. The number of nitrogens with zero attached hydrogens (tertiary/aromatic N) is 2. The summed E-state index contributed by atoms with van der Waals surface area (Å²) in [5.41, 5.74) is 0.769. The second kappa shape index (κ2) is 10.7. The molecule has 1 fully saturated rings. The predicted octanol–water partition coefficient (Wildman–Crippen LogP) is 2.98. The lowest BCUT2D eigenvalue weighted by atomic mass is 10.1. The third kappa shape index (κ3) is 6.02. The number of hydrogen-bond donors (Lipinski definition) is 0. The van der Waals surface area contributed by atoms with Gasteiger partial charge in [0.2, 0.25) is 10.0 Å².